The minimum Gasteiger partial charge on any atom is -0.343 e. The SMILES string of the molecule is CNC(=O)N1CCN(C(=O)[C@@H](CCCCN)NC(=O)[C@@H](CC(C)C)NC(=O)[C@@H](Cc2ccccc2)NC(=O)[C@H](N)CCc2ccccc2)CC1. The summed E-state index contributed by atoms with van der Waals surface area (Å²) in [6.45, 7) is 5.79. The second-order valence-corrected chi connectivity index (χ2v) is 13.3. The number of carbonyl (C=O) groups is 5. The van der Waals surface area contributed by atoms with Gasteiger partial charge in [-0.05, 0) is 62.1 Å². The second kappa shape index (κ2) is 20.9. The van der Waals surface area contributed by atoms with Crippen molar-refractivity contribution < 1.29 is 24.0 Å². The van der Waals surface area contributed by atoms with E-state index in [1.807, 2.05) is 74.5 Å². The van der Waals surface area contributed by atoms with Crippen molar-refractivity contribution in [2.45, 2.75) is 83.0 Å². The standard InChI is InChI=1S/C37H56N8O5/c1-26(2)24-31(34(47)41-30(16-10-11-19-38)36(49)44-20-22-45(23-21-44)37(50)40-3)43-35(48)32(25-28-14-8-5-9-15-28)42-33(46)29(39)18-17-27-12-6-4-7-13-27/h4-9,12-15,26,29-32H,10-11,16-25,38-39H2,1-3H3,(H,40,50)(H,41,47)(H,42,46)(H,43,48)/t29-,30-,31-,32-/m1/s1. The molecule has 13 nitrogen and oxygen atoms in total. The molecular formula is C37H56N8O5. The highest BCUT2D eigenvalue weighted by atomic mass is 16.2. The van der Waals surface area contributed by atoms with Gasteiger partial charge in [0.25, 0.3) is 0 Å². The van der Waals surface area contributed by atoms with Gasteiger partial charge in [0.05, 0.1) is 6.04 Å². The molecule has 274 valence electrons. The van der Waals surface area contributed by atoms with Gasteiger partial charge in [0.2, 0.25) is 23.6 Å². The smallest absolute Gasteiger partial charge is 0.317 e. The van der Waals surface area contributed by atoms with E-state index >= 15 is 0 Å². The zero-order chi connectivity index (χ0) is 36.5. The normalized spacial score (nSPS) is 15.4. The quantitative estimate of drug-likeness (QED) is 0.127. The maximum absolute atomic E-state index is 13.9. The van der Waals surface area contributed by atoms with Crippen molar-refractivity contribution in [3.05, 3.63) is 71.8 Å². The average molecular weight is 693 g/mol. The number of hydrogen-bond donors (Lipinski definition) is 6. The molecule has 8 N–H and O–H groups in total. The van der Waals surface area contributed by atoms with Crippen LogP contribution in [-0.2, 0) is 32.0 Å². The lowest BCUT2D eigenvalue weighted by Gasteiger charge is -2.36. The summed E-state index contributed by atoms with van der Waals surface area (Å²) in [4.78, 5) is 70.1. The average Bonchev–Trinajstić information content (AvgIpc) is 3.12. The van der Waals surface area contributed by atoms with Crippen molar-refractivity contribution in [1.82, 2.24) is 31.1 Å². The summed E-state index contributed by atoms with van der Waals surface area (Å²) in [6.07, 6.45) is 3.21. The molecular weight excluding hydrogens is 636 g/mol. The molecule has 2 aromatic carbocycles. The van der Waals surface area contributed by atoms with Gasteiger partial charge in [-0.1, -0.05) is 74.5 Å². The third-order valence-electron chi connectivity index (χ3n) is 8.83. The van der Waals surface area contributed by atoms with E-state index in [4.69, 9.17) is 11.5 Å². The number of amides is 6. The van der Waals surface area contributed by atoms with Gasteiger partial charge < -0.3 is 42.5 Å². The van der Waals surface area contributed by atoms with Crippen LogP contribution in [0.1, 0.15) is 57.1 Å². The van der Waals surface area contributed by atoms with E-state index < -0.39 is 41.9 Å². The molecule has 1 aliphatic heterocycles. The molecule has 0 spiro atoms. The molecule has 1 aliphatic rings. The van der Waals surface area contributed by atoms with E-state index in [9.17, 15) is 24.0 Å². The Labute approximate surface area is 296 Å². The van der Waals surface area contributed by atoms with Gasteiger partial charge in [0, 0.05) is 39.6 Å². The second-order valence-electron chi connectivity index (χ2n) is 13.3. The molecule has 4 atom stereocenters. The topological polar surface area (TPSA) is 192 Å². The first-order chi connectivity index (χ1) is 24.0. The van der Waals surface area contributed by atoms with Crippen molar-refractivity contribution in [2.24, 2.45) is 17.4 Å². The summed E-state index contributed by atoms with van der Waals surface area (Å²) in [5, 5.41) is 11.3. The Hall–Kier alpha value is -4.49. The first-order valence-corrected chi connectivity index (χ1v) is 17.7. The molecule has 0 aliphatic carbocycles. The first kappa shape index (κ1) is 39.9. The molecule has 0 aromatic heterocycles. The minimum absolute atomic E-state index is 0.0313. The van der Waals surface area contributed by atoms with Crippen LogP contribution in [0.4, 0.5) is 4.79 Å². The predicted molar refractivity (Wildman–Crippen MR) is 194 cm³/mol. The lowest BCUT2D eigenvalue weighted by molar-refractivity contribution is -0.139. The van der Waals surface area contributed by atoms with E-state index in [1.54, 1.807) is 16.8 Å². The molecule has 0 saturated carbocycles. The van der Waals surface area contributed by atoms with Gasteiger partial charge in [-0.15, -0.1) is 0 Å². The van der Waals surface area contributed by atoms with Crippen LogP contribution >= 0.6 is 0 Å². The lowest BCUT2D eigenvalue weighted by atomic mass is 9.99. The van der Waals surface area contributed by atoms with Gasteiger partial charge in [-0.3, -0.25) is 19.2 Å². The molecule has 1 heterocycles. The summed E-state index contributed by atoms with van der Waals surface area (Å²) in [6, 6.07) is 15.2. The Bertz CT molecular complexity index is 1370. The number of hydrogen-bond acceptors (Lipinski definition) is 7. The Morgan fingerprint density at radius 3 is 1.82 bits per heavy atom. The van der Waals surface area contributed by atoms with Crippen LogP contribution < -0.4 is 32.7 Å². The Kier molecular flexibility index (Phi) is 16.7. The van der Waals surface area contributed by atoms with Crippen LogP contribution in [-0.4, -0.2) is 103 Å². The molecule has 6 amide bonds. The third kappa shape index (κ3) is 13.1. The van der Waals surface area contributed by atoms with E-state index in [2.05, 4.69) is 21.3 Å². The van der Waals surface area contributed by atoms with Crippen molar-refractivity contribution in [3.63, 3.8) is 0 Å². The largest absolute Gasteiger partial charge is 0.343 e. The molecule has 1 saturated heterocycles. The van der Waals surface area contributed by atoms with Gasteiger partial charge >= 0.3 is 6.03 Å². The molecule has 13 heteroatoms. The molecule has 0 bridgehead atoms. The summed E-state index contributed by atoms with van der Waals surface area (Å²) in [7, 11) is 1.56. The van der Waals surface area contributed by atoms with Crippen molar-refractivity contribution in [1.29, 1.82) is 0 Å². The lowest BCUT2D eigenvalue weighted by Crippen LogP contribution is -2.60. The fourth-order valence-electron chi connectivity index (χ4n) is 5.94. The number of nitrogens with two attached hydrogens (primary N) is 2. The molecule has 3 rings (SSSR count). The molecule has 2 aromatic rings. The molecule has 1 fully saturated rings. The zero-order valence-corrected chi connectivity index (χ0v) is 29.7. The van der Waals surface area contributed by atoms with Crippen molar-refractivity contribution in [3.8, 4) is 0 Å². The fraction of sp³-hybridized carbons (Fsp3) is 0.541. The van der Waals surface area contributed by atoms with Crippen molar-refractivity contribution in [2.75, 3.05) is 39.8 Å². The highest BCUT2D eigenvalue weighted by Gasteiger charge is 2.33. The minimum atomic E-state index is -0.992. The molecule has 0 radical (unpaired) electrons. The summed E-state index contributed by atoms with van der Waals surface area (Å²) in [5.74, 6) is -1.66. The predicted octanol–water partition coefficient (Wildman–Crippen LogP) is 1.30. The van der Waals surface area contributed by atoms with Crippen LogP contribution in [0.2, 0.25) is 0 Å². The number of nitrogens with zero attached hydrogens (tertiary/aromatic N) is 2. The number of unbranched alkanes of at least 4 members (excludes halogenated alkanes) is 1. The van der Waals surface area contributed by atoms with Crippen LogP contribution in [0.3, 0.4) is 0 Å². The maximum Gasteiger partial charge on any atom is 0.317 e. The van der Waals surface area contributed by atoms with E-state index in [1.165, 1.54) is 0 Å². The van der Waals surface area contributed by atoms with Crippen molar-refractivity contribution >= 4 is 29.7 Å². The van der Waals surface area contributed by atoms with E-state index in [0.717, 1.165) is 11.1 Å². The number of nitrogens with one attached hydrogen (secondary N) is 4. The van der Waals surface area contributed by atoms with Gasteiger partial charge in [-0.2, -0.15) is 0 Å². The zero-order valence-electron chi connectivity index (χ0n) is 29.7. The van der Waals surface area contributed by atoms with Crippen LogP contribution in [0.25, 0.3) is 0 Å². The highest BCUT2D eigenvalue weighted by Crippen LogP contribution is 2.13. The van der Waals surface area contributed by atoms with Gasteiger partial charge in [-0.25, -0.2) is 4.79 Å². The molecule has 50 heavy (non-hydrogen) atoms. The highest BCUT2D eigenvalue weighted by molar-refractivity contribution is 5.95. The summed E-state index contributed by atoms with van der Waals surface area (Å²) < 4.78 is 0. The van der Waals surface area contributed by atoms with Crippen LogP contribution in [0.15, 0.2) is 60.7 Å². The fourth-order valence-corrected chi connectivity index (χ4v) is 5.94. The number of aryl methyl sites for hydroxylation is 1. The Morgan fingerprint density at radius 1 is 0.700 bits per heavy atom. The van der Waals surface area contributed by atoms with Crippen LogP contribution in [0.5, 0.6) is 0 Å². The third-order valence-corrected chi connectivity index (χ3v) is 8.83. The number of urea groups is 1. The van der Waals surface area contributed by atoms with E-state index in [0.29, 0.717) is 71.2 Å². The summed E-state index contributed by atoms with van der Waals surface area (Å²) >= 11 is 0. The first-order valence-electron chi connectivity index (χ1n) is 17.7. The van der Waals surface area contributed by atoms with Crippen LogP contribution in [0, 0.1) is 5.92 Å². The number of benzene rings is 2. The monoisotopic (exact) mass is 692 g/mol. The van der Waals surface area contributed by atoms with Gasteiger partial charge in [0.1, 0.15) is 18.1 Å². The Morgan fingerprint density at radius 2 is 1.24 bits per heavy atom. The Balaban J connectivity index is 1.73. The number of rotatable bonds is 18. The summed E-state index contributed by atoms with van der Waals surface area (Å²) in [5.41, 5.74) is 13.9. The van der Waals surface area contributed by atoms with E-state index in [-0.39, 0.29) is 24.3 Å². The maximum atomic E-state index is 13.9. The number of carbonyl (C=O) groups excluding carboxylic acids is 5. The molecule has 0 unspecified atom stereocenters. The van der Waals surface area contributed by atoms with Gasteiger partial charge in [0.15, 0.2) is 0 Å². The number of piperazine rings is 1.